The Morgan fingerprint density at radius 1 is 1.50 bits per heavy atom. The van der Waals surface area contributed by atoms with E-state index in [9.17, 15) is 0 Å². The molecule has 3 nitrogen and oxygen atoms in total. The fourth-order valence-corrected chi connectivity index (χ4v) is 1.32. The highest BCUT2D eigenvalue weighted by Gasteiger charge is 2.02. The van der Waals surface area contributed by atoms with Crippen LogP contribution in [0.3, 0.4) is 0 Å². The summed E-state index contributed by atoms with van der Waals surface area (Å²) in [6.45, 7) is 4.14. The standard InChI is InChI=1S/C9H11N3/c1-3-8-4-5-10-9-7(2)6-11-12(8)9/h4-6H,3H2,1-2H3. The van der Waals surface area contributed by atoms with Crippen LogP contribution < -0.4 is 0 Å². The van der Waals surface area contributed by atoms with Crippen LogP contribution in [0.25, 0.3) is 5.65 Å². The highest BCUT2D eigenvalue weighted by molar-refractivity contribution is 5.45. The molecule has 2 rings (SSSR count). The van der Waals surface area contributed by atoms with Gasteiger partial charge in [-0.05, 0) is 19.4 Å². The number of rotatable bonds is 1. The molecule has 12 heavy (non-hydrogen) atoms. The third kappa shape index (κ3) is 0.897. The molecule has 0 amide bonds. The highest BCUT2D eigenvalue weighted by Crippen LogP contribution is 2.08. The second kappa shape index (κ2) is 2.59. The lowest BCUT2D eigenvalue weighted by molar-refractivity contribution is 0.849. The van der Waals surface area contributed by atoms with Gasteiger partial charge in [-0.3, -0.25) is 0 Å². The van der Waals surface area contributed by atoms with Gasteiger partial charge in [0.2, 0.25) is 0 Å². The number of hydrogen-bond acceptors (Lipinski definition) is 2. The zero-order chi connectivity index (χ0) is 8.55. The van der Waals surface area contributed by atoms with E-state index in [2.05, 4.69) is 17.0 Å². The Kier molecular flexibility index (Phi) is 1.57. The molecule has 0 fully saturated rings. The fraction of sp³-hybridized carbons (Fsp3) is 0.333. The lowest BCUT2D eigenvalue weighted by Crippen LogP contribution is -1.97. The molecule has 0 aliphatic carbocycles. The van der Waals surface area contributed by atoms with Crippen LogP contribution in [0, 0.1) is 6.92 Å². The molecule has 0 spiro atoms. The van der Waals surface area contributed by atoms with Crippen molar-refractivity contribution in [3.8, 4) is 0 Å². The Morgan fingerprint density at radius 2 is 2.33 bits per heavy atom. The largest absolute Gasteiger partial charge is 0.237 e. The van der Waals surface area contributed by atoms with Crippen LogP contribution in [0.1, 0.15) is 18.2 Å². The van der Waals surface area contributed by atoms with E-state index in [1.165, 1.54) is 5.69 Å². The molecular weight excluding hydrogens is 150 g/mol. The number of nitrogens with zero attached hydrogens (tertiary/aromatic N) is 3. The fourth-order valence-electron chi connectivity index (χ4n) is 1.32. The van der Waals surface area contributed by atoms with Crippen LogP contribution in [-0.4, -0.2) is 14.6 Å². The van der Waals surface area contributed by atoms with E-state index in [0.29, 0.717) is 0 Å². The van der Waals surface area contributed by atoms with E-state index in [1.807, 2.05) is 29.9 Å². The van der Waals surface area contributed by atoms with Crippen LogP contribution in [-0.2, 0) is 6.42 Å². The Bertz CT molecular complexity index is 403. The number of fused-ring (bicyclic) bond motifs is 1. The summed E-state index contributed by atoms with van der Waals surface area (Å²) in [5.74, 6) is 0. The van der Waals surface area contributed by atoms with Gasteiger partial charge in [0.25, 0.3) is 0 Å². The van der Waals surface area contributed by atoms with Crippen LogP contribution >= 0.6 is 0 Å². The van der Waals surface area contributed by atoms with Gasteiger partial charge in [-0.25, -0.2) is 9.50 Å². The lowest BCUT2D eigenvalue weighted by Gasteiger charge is -1.99. The van der Waals surface area contributed by atoms with Gasteiger partial charge >= 0.3 is 0 Å². The van der Waals surface area contributed by atoms with Crippen molar-refractivity contribution >= 4 is 5.65 Å². The van der Waals surface area contributed by atoms with Gasteiger partial charge in [0.05, 0.1) is 6.20 Å². The topological polar surface area (TPSA) is 30.2 Å². The zero-order valence-corrected chi connectivity index (χ0v) is 7.28. The average Bonchev–Trinajstić information content (AvgIpc) is 2.48. The number of hydrogen-bond donors (Lipinski definition) is 0. The maximum Gasteiger partial charge on any atom is 0.158 e. The predicted molar refractivity (Wildman–Crippen MR) is 47.1 cm³/mol. The van der Waals surface area contributed by atoms with Gasteiger partial charge in [-0.15, -0.1) is 0 Å². The second-order valence-electron chi connectivity index (χ2n) is 2.85. The van der Waals surface area contributed by atoms with Crippen LogP contribution in [0.2, 0.25) is 0 Å². The minimum atomic E-state index is 0.967. The number of aryl methyl sites for hydroxylation is 2. The molecule has 3 heteroatoms. The van der Waals surface area contributed by atoms with E-state index in [0.717, 1.165) is 17.6 Å². The molecule has 2 aromatic heterocycles. The van der Waals surface area contributed by atoms with Crippen molar-refractivity contribution < 1.29 is 0 Å². The molecule has 0 atom stereocenters. The van der Waals surface area contributed by atoms with Gasteiger partial charge < -0.3 is 0 Å². The maximum atomic E-state index is 4.25. The first-order valence-corrected chi connectivity index (χ1v) is 4.11. The first-order valence-electron chi connectivity index (χ1n) is 4.11. The number of aromatic nitrogens is 3. The Morgan fingerprint density at radius 3 is 3.08 bits per heavy atom. The van der Waals surface area contributed by atoms with E-state index < -0.39 is 0 Å². The first kappa shape index (κ1) is 7.28. The third-order valence-corrected chi connectivity index (χ3v) is 2.02. The van der Waals surface area contributed by atoms with Gasteiger partial charge in [-0.2, -0.15) is 5.10 Å². The molecule has 0 saturated carbocycles. The molecule has 0 saturated heterocycles. The molecule has 0 aliphatic heterocycles. The van der Waals surface area contributed by atoms with Gasteiger partial charge in [0.15, 0.2) is 5.65 Å². The summed E-state index contributed by atoms with van der Waals surface area (Å²) in [6.07, 6.45) is 4.67. The molecule has 2 heterocycles. The minimum Gasteiger partial charge on any atom is -0.237 e. The molecular formula is C9H11N3. The molecule has 62 valence electrons. The maximum absolute atomic E-state index is 4.25. The van der Waals surface area contributed by atoms with Crippen molar-refractivity contribution in [1.29, 1.82) is 0 Å². The van der Waals surface area contributed by atoms with E-state index in [-0.39, 0.29) is 0 Å². The molecule has 0 N–H and O–H groups in total. The van der Waals surface area contributed by atoms with Crippen molar-refractivity contribution in [3.05, 3.63) is 29.7 Å². The average molecular weight is 161 g/mol. The summed E-state index contributed by atoms with van der Waals surface area (Å²) < 4.78 is 1.90. The van der Waals surface area contributed by atoms with Crippen molar-refractivity contribution in [2.24, 2.45) is 0 Å². The van der Waals surface area contributed by atoms with Crippen molar-refractivity contribution in [3.63, 3.8) is 0 Å². The van der Waals surface area contributed by atoms with Crippen LogP contribution in [0.4, 0.5) is 0 Å². The smallest absolute Gasteiger partial charge is 0.158 e. The third-order valence-electron chi connectivity index (χ3n) is 2.02. The quantitative estimate of drug-likeness (QED) is 0.636. The van der Waals surface area contributed by atoms with Crippen LogP contribution in [0.15, 0.2) is 18.5 Å². The van der Waals surface area contributed by atoms with Crippen molar-refractivity contribution in [2.45, 2.75) is 20.3 Å². The first-order chi connectivity index (χ1) is 5.83. The molecule has 2 aromatic rings. The Balaban J connectivity index is 2.81. The Hall–Kier alpha value is -1.38. The lowest BCUT2D eigenvalue weighted by atomic mass is 10.3. The predicted octanol–water partition coefficient (Wildman–Crippen LogP) is 1.60. The van der Waals surface area contributed by atoms with E-state index >= 15 is 0 Å². The van der Waals surface area contributed by atoms with Crippen LogP contribution in [0.5, 0.6) is 0 Å². The second-order valence-corrected chi connectivity index (χ2v) is 2.85. The molecule has 0 unspecified atom stereocenters. The monoisotopic (exact) mass is 161 g/mol. The molecule has 0 bridgehead atoms. The molecule has 0 aromatic carbocycles. The molecule has 0 radical (unpaired) electrons. The minimum absolute atomic E-state index is 0.967. The summed E-state index contributed by atoms with van der Waals surface area (Å²) in [5, 5.41) is 4.24. The van der Waals surface area contributed by atoms with Gasteiger partial charge in [-0.1, -0.05) is 6.92 Å². The van der Waals surface area contributed by atoms with Crippen molar-refractivity contribution in [2.75, 3.05) is 0 Å². The normalized spacial score (nSPS) is 10.8. The Labute approximate surface area is 71.1 Å². The highest BCUT2D eigenvalue weighted by atomic mass is 15.2. The van der Waals surface area contributed by atoms with Gasteiger partial charge in [0, 0.05) is 17.5 Å². The van der Waals surface area contributed by atoms with E-state index in [1.54, 1.807) is 0 Å². The summed E-state index contributed by atoms with van der Waals surface area (Å²) in [7, 11) is 0. The SMILES string of the molecule is CCc1ccnc2c(C)cnn12. The van der Waals surface area contributed by atoms with Gasteiger partial charge in [0.1, 0.15) is 0 Å². The summed E-state index contributed by atoms with van der Waals surface area (Å²) in [6, 6.07) is 2.00. The van der Waals surface area contributed by atoms with Crippen molar-refractivity contribution in [1.82, 2.24) is 14.6 Å². The summed E-state index contributed by atoms with van der Waals surface area (Å²) >= 11 is 0. The van der Waals surface area contributed by atoms with E-state index in [4.69, 9.17) is 0 Å². The summed E-state index contributed by atoms with van der Waals surface area (Å²) in [5.41, 5.74) is 3.30. The summed E-state index contributed by atoms with van der Waals surface area (Å²) in [4.78, 5) is 4.25. The molecule has 0 aliphatic rings. The zero-order valence-electron chi connectivity index (χ0n) is 7.28.